The van der Waals surface area contributed by atoms with Gasteiger partial charge in [-0.05, 0) is 48.0 Å². The van der Waals surface area contributed by atoms with Crippen molar-refractivity contribution in [2.75, 3.05) is 11.9 Å². The predicted octanol–water partition coefficient (Wildman–Crippen LogP) is 3.83. The van der Waals surface area contributed by atoms with Gasteiger partial charge in [0.05, 0.1) is 5.69 Å². The van der Waals surface area contributed by atoms with Crippen LogP contribution in [0.2, 0.25) is 0 Å². The highest BCUT2D eigenvalue weighted by molar-refractivity contribution is 5.85. The highest BCUT2D eigenvalue weighted by atomic mass is 19.1. The molecule has 108 valence electrons. The van der Waals surface area contributed by atoms with Crippen LogP contribution in [0.3, 0.4) is 0 Å². The summed E-state index contributed by atoms with van der Waals surface area (Å²) in [6.45, 7) is 0. The Kier molecular flexibility index (Phi) is 4.33. The van der Waals surface area contributed by atoms with Crippen LogP contribution in [0, 0.1) is 11.6 Å². The lowest BCUT2D eigenvalue weighted by molar-refractivity contribution is -0.131. The van der Waals surface area contributed by atoms with Gasteiger partial charge in [0.25, 0.3) is 0 Å². The van der Waals surface area contributed by atoms with Crippen molar-refractivity contribution in [2.24, 2.45) is 0 Å². The van der Waals surface area contributed by atoms with Crippen molar-refractivity contribution in [2.45, 2.75) is 0 Å². The van der Waals surface area contributed by atoms with E-state index in [9.17, 15) is 13.6 Å². The summed E-state index contributed by atoms with van der Waals surface area (Å²) in [6.07, 6.45) is 2.26. The molecular weight excluding hydrogens is 276 g/mol. The molecule has 3 nitrogen and oxygen atoms in total. The Balaban J connectivity index is 2.28. The zero-order valence-electron chi connectivity index (χ0n) is 11.3. The smallest absolute Gasteiger partial charge is 0.328 e. The van der Waals surface area contributed by atoms with E-state index in [2.05, 4.69) is 0 Å². The van der Waals surface area contributed by atoms with Crippen molar-refractivity contribution >= 4 is 23.4 Å². The lowest BCUT2D eigenvalue weighted by atomic mass is 10.1. The number of aliphatic carboxylic acids is 1. The molecule has 0 aromatic heterocycles. The summed E-state index contributed by atoms with van der Waals surface area (Å²) in [5, 5.41) is 8.54. The average Bonchev–Trinajstić information content (AvgIpc) is 2.45. The molecule has 0 aliphatic rings. The van der Waals surface area contributed by atoms with E-state index in [-0.39, 0.29) is 5.82 Å². The second kappa shape index (κ2) is 6.17. The molecule has 0 bridgehead atoms. The maximum atomic E-state index is 14.1. The molecule has 2 rings (SSSR count). The monoisotopic (exact) mass is 289 g/mol. The first kappa shape index (κ1) is 14.7. The van der Waals surface area contributed by atoms with E-state index in [1.54, 1.807) is 36.2 Å². The van der Waals surface area contributed by atoms with Gasteiger partial charge in [0.1, 0.15) is 11.6 Å². The predicted molar refractivity (Wildman–Crippen MR) is 77.5 cm³/mol. The number of hydrogen-bond donors (Lipinski definition) is 1. The van der Waals surface area contributed by atoms with Gasteiger partial charge in [-0.25, -0.2) is 13.6 Å². The van der Waals surface area contributed by atoms with Crippen molar-refractivity contribution in [1.82, 2.24) is 0 Å². The third kappa shape index (κ3) is 3.66. The van der Waals surface area contributed by atoms with E-state index in [1.807, 2.05) is 0 Å². The molecular formula is C16H13F2NO2. The van der Waals surface area contributed by atoms with Gasteiger partial charge in [0.15, 0.2) is 0 Å². The minimum Gasteiger partial charge on any atom is -0.478 e. The van der Waals surface area contributed by atoms with Gasteiger partial charge in [-0.2, -0.15) is 0 Å². The maximum absolute atomic E-state index is 14.1. The number of halogens is 2. The zero-order chi connectivity index (χ0) is 15.4. The zero-order valence-corrected chi connectivity index (χ0v) is 11.3. The van der Waals surface area contributed by atoms with Crippen LogP contribution in [0.25, 0.3) is 6.08 Å². The molecule has 1 N–H and O–H groups in total. The summed E-state index contributed by atoms with van der Waals surface area (Å²) < 4.78 is 27.0. The Morgan fingerprint density at radius 2 is 1.81 bits per heavy atom. The minimum absolute atomic E-state index is 0.314. The number of hydrogen-bond acceptors (Lipinski definition) is 2. The highest BCUT2D eigenvalue weighted by Gasteiger charge is 2.10. The Labute approximate surface area is 120 Å². The summed E-state index contributed by atoms with van der Waals surface area (Å²) >= 11 is 0. The summed E-state index contributed by atoms with van der Waals surface area (Å²) in [4.78, 5) is 12.0. The van der Waals surface area contributed by atoms with E-state index in [4.69, 9.17) is 5.11 Å². The molecule has 0 radical (unpaired) electrons. The van der Waals surface area contributed by atoms with Gasteiger partial charge < -0.3 is 10.0 Å². The number of benzene rings is 2. The van der Waals surface area contributed by atoms with E-state index in [1.165, 1.54) is 24.3 Å². The Bertz CT molecular complexity index is 681. The molecule has 2 aromatic carbocycles. The van der Waals surface area contributed by atoms with Crippen LogP contribution in [0.4, 0.5) is 20.2 Å². The fourth-order valence-corrected chi connectivity index (χ4v) is 1.87. The summed E-state index contributed by atoms with van der Waals surface area (Å²) in [6, 6.07) is 10.1. The highest BCUT2D eigenvalue weighted by Crippen LogP contribution is 2.27. The molecule has 0 fully saturated rings. The first-order valence-electron chi connectivity index (χ1n) is 6.17. The second-order valence-electron chi connectivity index (χ2n) is 4.42. The number of carboxylic acids is 1. The van der Waals surface area contributed by atoms with Crippen molar-refractivity contribution < 1.29 is 18.7 Å². The van der Waals surface area contributed by atoms with E-state index in [0.29, 0.717) is 16.9 Å². The average molecular weight is 289 g/mol. The molecule has 0 heterocycles. The third-order valence-corrected chi connectivity index (χ3v) is 2.97. The Morgan fingerprint density at radius 3 is 2.38 bits per heavy atom. The fraction of sp³-hybridized carbons (Fsp3) is 0.0625. The molecule has 0 spiro atoms. The Hall–Kier alpha value is -2.69. The van der Waals surface area contributed by atoms with Crippen LogP contribution in [-0.4, -0.2) is 18.1 Å². The van der Waals surface area contributed by atoms with Crippen molar-refractivity contribution in [3.63, 3.8) is 0 Å². The van der Waals surface area contributed by atoms with Gasteiger partial charge in [-0.1, -0.05) is 6.07 Å². The molecule has 0 saturated heterocycles. The Morgan fingerprint density at radius 1 is 1.14 bits per heavy atom. The topological polar surface area (TPSA) is 40.5 Å². The van der Waals surface area contributed by atoms with Crippen LogP contribution in [-0.2, 0) is 4.79 Å². The van der Waals surface area contributed by atoms with Crippen molar-refractivity contribution in [3.8, 4) is 0 Å². The lowest BCUT2D eigenvalue weighted by Crippen LogP contribution is -2.11. The molecule has 21 heavy (non-hydrogen) atoms. The largest absolute Gasteiger partial charge is 0.478 e. The molecule has 0 aliphatic heterocycles. The molecule has 0 atom stereocenters. The molecule has 0 aliphatic carbocycles. The quantitative estimate of drug-likeness (QED) is 0.870. The van der Waals surface area contributed by atoms with Gasteiger partial charge in [0, 0.05) is 18.8 Å². The van der Waals surface area contributed by atoms with Crippen LogP contribution in [0.15, 0.2) is 48.5 Å². The van der Waals surface area contributed by atoms with Gasteiger partial charge in [-0.3, -0.25) is 0 Å². The van der Waals surface area contributed by atoms with Crippen LogP contribution in [0.5, 0.6) is 0 Å². The number of nitrogens with zero attached hydrogens (tertiary/aromatic N) is 1. The lowest BCUT2D eigenvalue weighted by Gasteiger charge is -2.20. The summed E-state index contributed by atoms with van der Waals surface area (Å²) in [5.74, 6) is -1.95. The standard InChI is InChI=1S/C16H13F2NO2/c1-19(13-6-4-12(17)5-7-13)15-8-2-11(10-14(15)18)3-9-16(20)21/h2-10H,1H3,(H,20,21). The van der Waals surface area contributed by atoms with Crippen LogP contribution >= 0.6 is 0 Å². The first-order chi connectivity index (χ1) is 9.97. The fourth-order valence-electron chi connectivity index (χ4n) is 1.87. The van der Waals surface area contributed by atoms with E-state index >= 15 is 0 Å². The van der Waals surface area contributed by atoms with Crippen LogP contribution in [0.1, 0.15) is 5.56 Å². The summed E-state index contributed by atoms with van der Waals surface area (Å²) in [7, 11) is 1.67. The van der Waals surface area contributed by atoms with E-state index in [0.717, 1.165) is 6.08 Å². The SMILES string of the molecule is CN(c1ccc(F)cc1)c1ccc(C=CC(=O)O)cc1F. The number of rotatable bonds is 4. The molecule has 0 saturated carbocycles. The third-order valence-electron chi connectivity index (χ3n) is 2.97. The number of carboxylic acid groups (broad SMARTS) is 1. The second-order valence-corrected chi connectivity index (χ2v) is 4.42. The van der Waals surface area contributed by atoms with E-state index < -0.39 is 11.8 Å². The van der Waals surface area contributed by atoms with Gasteiger partial charge in [-0.15, -0.1) is 0 Å². The van der Waals surface area contributed by atoms with Gasteiger partial charge >= 0.3 is 5.97 Å². The van der Waals surface area contributed by atoms with Crippen LogP contribution < -0.4 is 4.90 Å². The number of anilines is 2. The summed E-state index contributed by atoms with van der Waals surface area (Å²) in [5.41, 5.74) is 1.41. The minimum atomic E-state index is -1.09. The maximum Gasteiger partial charge on any atom is 0.328 e. The number of carbonyl (C=O) groups is 1. The molecule has 0 amide bonds. The van der Waals surface area contributed by atoms with Crippen molar-refractivity contribution in [1.29, 1.82) is 0 Å². The normalized spacial score (nSPS) is 10.8. The molecule has 2 aromatic rings. The van der Waals surface area contributed by atoms with Gasteiger partial charge in [0.2, 0.25) is 0 Å². The van der Waals surface area contributed by atoms with Crippen molar-refractivity contribution in [3.05, 3.63) is 65.7 Å². The molecule has 5 heteroatoms. The molecule has 0 unspecified atom stereocenters. The first-order valence-corrected chi connectivity index (χ1v) is 6.17.